The number of carbonyl (C=O) groups is 1. The van der Waals surface area contributed by atoms with Crippen molar-refractivity contribution in [1.29, 1.82) is 5.41 Å². The Morgan fingerprint density at radius 3 is 2.40 bits per heavy atom. The Labute approximate surface area is 58.0 Å². The van der Waals surface area contributed by atoms with Crippen LogP contribution in [-0.2, 0) is 4.79 Å². The van der Waals surface area contributed by atoms with E-state index in [0.717, 1.165) is 0 Å². The second-order valence-electron chi connectivity index (χ2n) is 1.64. The topological polar surface area (TPSA) is 99.5 Å². The molecule has 0 aliphatic carbocycles. The SMILES string of the molecule is CCC(=N)/C(=N/O)C(N)=O. The van der Waals surface area contributed by atoms with E-state index in [4.69, 9.17) is 16.4 Å². The average Bonchev–Trinajstić information content (AvgIpc) is 1.88. The molecule has 0 aromatic rings. The van der Waals surface area contributed by atoms with Gasteiger partial charge in [0.1, 0.15) is 0 Å². The third kappa shape index (κ3) is 1.85. The maximum absolute atomic E-state index is 10.3. The molecule has 0 radical (unpaired) electrons. The summed E-state index contributed by atoms with van der Waals surface area (Å²) in [4.78, 5) is 10.3. The number of primary amides is 1. The fraction of sp³-hybridized carbons (Fsp3) is 0.400. The highest BCUT2D eigenvalue weighted by Crippen LogP contribution is 1.85. The third-order valence-electron chi connectivity index (χ3n) is 0.973. The molecular formula is C5H9N3O2. The first-order valence-corrected chi connectivity index (χ1v) is 2.73. The van der Waals surface area contributed by atoms with Gasteiger partial charge in [0, 0.05) is 0 Å². The number of oxime groups is 1. The molecule has 0 rings (SSSR count). The molecule has 0 atom stereocenters. The first-order valence-electron chi connectivity index (χ1n) is 2.73. The van der Waals surface area contributed by atoms with Crippen molar-refractivity contribution >= 4 is 17.3 Å². The van der Waals surface area contributed by atoms with Gasteiger partial charge >= 0.3 is 0 Å². The Morgan fingerprint density at radius 2 is 2.30 bits per heavy atom. The minimum Gasteiger partial charge on any atom is -0.410 e. The van der Waals surface area contributed by atoms with Crippen LogP contribution in [0.1, 0.15) is 13.3 Å². The molecule has 56 valence electrons. The van der Waals surface area contributed by atoms with Crippen molar-refractivity contribution in [3.63, 3.8) is 0 Å². The Kier molecular flexibility index (Phi) is 3.10. The summed E-state index contributed by atoms with van der Waals surface area (Å²) in [6.45, 7) is 1.66. The summed E-state index contributed by atoms with van der Waals surface area (Å²) < 4.78 is 0. The van der Waals surface area contributed by atoms with Crippen LogP contribution in [0.25, 0.3) is 0 Å². The van der Waals surface area contributed by atoms with E-state index < -0.39 is 5.91 Å². The fourth-order valence-electron chi connectivity index (χ4n) is 0.426. The molecule has 0 bridgehead atoms. The van der Waals surface area contributed by atoms with Crippen molar-refractivity contribution in [2.24, 2.45) is 10.9 Å². The summed E-state index contributed by atoms with van der Waals surface area (Å²) in [5.74, 6) is -0.880. The number of nitrogens with one attached hydrogen (secondary N) is 1. The Balaban J connectivity index is 4.39. The molecule has 1 amide bonds. The van der Waals surface area contributed by atoms with Gasteiger partial charge in [0.2, 0.25) is 0 Å². The lowest BCUT2D eigenvalue weighted by Crippen LogP contribution is -2.29. The summed E-state index contributed by atoms with van der Waals surface area (Å²) in [5, 5.41) is 17.8. The van der Waals surface area contributed by atoms with Crippen molar-refractivity contribution in [2.75, 3.05) is 0 Å². The van der Waals surface area contributed by atoms with E-state index in [0.29, 0.717) is 6.42 Å². The van der Waals surface area contributed by atoms with Crippen LogP contribution >= 0.6 is 0 Å². The summed E-state index contributed by atoms with van der Waals surface area (Å²) in [6, 6.07) is 0. The van der Waals surface area contributed by atoms with Gasteiger partial charge in [0.25, 0.3) is 5.91 Å². The van der Waals surface area contributed by atoms with Gasteiger partial charge < -0.3 is 16.4 Å². The van der Waals surface area contributed by atoms with Gasteiger partial charge in [0.15, 0.2) is 5.71 Å². The van der Waals surface area contributed by atoms with Gasteiger partial charge in [-0.15, -0.1) is 0 Å². The van der Waals surface area contributed by atoms with Gasteiger partial charge in [-0.05, 0) is 6.42 Å². The second kappa shape index (κ2) is 3.60. The number of amides is 1. The molecule has 0 aromatic heterocycles. The number of rotatable bonds is 3. The molecule has 0 fully saturated rings. The smallest absolute Gasteiger partial charge is 0.272 e. The van der Waals surface area contributed by atoms with E-state index in [2.05, 4.69) is 5.16 Å². The average molecular weight is 143 g/mol. The molecule has 0 spiro atoms. The quantitative estimate of drug-likeness (QED) is 0.288. The number of nitrogens with two attached hydrogens (primary N) is 1. The lowest BCUT2D eigenvalue weighted by Gasteiger charge is -1.96. The largest absolute Gasteiger partial charge is 0.410 e. The van der Waals surface area contributed by atoms with Gasteiger partial charge in [-0.2, -0.15) is 0 Å². The fourth-order valence-corrected chi connectivity index (χ4v) is 0.426. The highest BCUT2D eigenvalue weighted by Gasteiger charge is 2.11. The molecule has 0 aromatic carbocycles. The van der Waals surface area contributed by atoms with Crippen LogP contribution in [0.2, 0.25) is 0 Å². The zero-order chi connectivity index (χ0) is 8.15. The zero-order valence-electron chi connectivity index (χ0n) is 5.59. The van der Waals surface area contributed by atoms with E-state index in [1.165, 1.54) is 0 Å². The monoisotopic (exact) mass is 143 g/mol. The van der Waals surface area contributed by atoms with E-state index >= 15 is 0 Å². The van der Waals surface area contributed by atoms with Gasteiger partial charge in [0.05, 0.1) is 5.71 Å². The number of hydrogen-bond donors (Lipinski definition) is 3. The summed E-state index contributed by atoms with van der Waals surface area (Å²) in [5.41, 5.74) is 4.32. The maximum atomic E-state index is 10.3. The van der Waals surface area contributed by atoms with Crippen LogP contribution in [-0.4, -0.2) is 22.5 Å². The molecule has 5 nitrogen and oxygen atoms in total. The van der Waals surface area contributed by atoms with Crippen molar-refractivity contribution in [1.82, 2.24) is 0 Å². The van der Waals surface area contributed by atoms with E-state index in [1.807, 2.05) is 0 Å². The number of carbonyl (C=O) groups excluding carboxylic acids is 1. The molecule has 10 heavy (non-hydrogen) atoms. The van der Waals surface area contributed by atoms with E-state index in [1.54, 1.807) is 6.92 Å². The Hall–Kier alpha value is -1.39. The Bertz CT molecular complexity index is 185. The highest BCUT2D eigenvalue weighted by atomic mass is 16.4. The first-order chi connectivity index (χ1) is 4.63. The third-order valence-corrected chi connectivity index (χ3v) is 0.973. The lowest BCUT2D eigenvalue weighted by atomic mass is 10.2. The van der Waals surface area contributed by atoms with E-state index in [-0.39, 0.29) is 11.4 Å². The molecule has 0 aliphatic heterocycles. The van der Waals surface area contributed by atoms with Gasteiger partial charge in [-0.1, -0.05) is 12.1 Å². The molecule has 0 heterocycles. The number of nitrogens with zero attached hydrogens (tertiary/aromatic N) is 1. The van der Waals surface area contributed by atoms with Crippen LogP contribution in [0.15, 0.2) is 5.16 Å². The van der Waals surface area contributed by atoms with Crippen LogP contribution in [0.5, 0.6) is 0 Å². The van der Waals surface area contributed by atoms with Crippen LogP contribution < -0.4 is 5.73 Å². The molecule has 0 unspecified atom stereocenters. The normalized spacial score (nSPS) is 11.1. The molecule has 0 aliphatic rings. The predicted octanol–water partition coefficient (Wildman–Crippen LogP) is -0.268. The minimum absolute atomic E-state index is 0.0602. The van der Waals surface area contributed by atoms with E-state index in [9.17, 15) is 4.79 Å². The zero-order valence-corrected chi connectivity index (χ0v) is 5.59. The lowest BCUT2D eigenvalue weighted by molar-refractivity contribution is -0.111. The maximum Gasteiger partial charge on any atom is 0.272 e. The summed E-state index contributed by atoms with van der Waals surface area (Å²) in [7, 11) is 0. The molecular weight excluding hydrogens is 134 g/mol. The van der Waals surface area contributed by atoms with Crippen molar-refractivity contribution in [3.05, 3.63) is 0 Å². The van der Waals surface area contributed by atoms with Crippen molar-refractivity contribution in [3.8, 4) is 0 Å². The van der Waals surface area contributed by atoms with Gasteiger partial charge in [-0.3, -0.25) is 4.79 Å². The number of hydrogen-bond acceptors (Lipinski definition) is 4. The second-order valence-corrected chi connectivity index (χ2v) is 1.64. The predicted molar refractivity (Wildman–Crippen MR) is 36.4 cm³/mol. The van der Waals surface area contributed by atoms with Crippen LogP contribution in [0.3, 0.4) is 0 Å². The minimum atomic E-state index is -0.880. The van der Waals surface area contributed by atoms with Crippen LogP contribution in [0.4, 0.5) is 0 Å². The Morgan fingerprint density at radius 1 is 1.80 bits per heavy atom. The van der Waals surface area contributed by atoms with Crippen LogP contribution in [0, 0.1) is 5.41 Å². The molecule has 5 heteroatoms. The first kappa shape index (κ1) is 8.61. The van der Waals surface area contributed by atoms with Gasteiger partial charge in [-0.25, -0.2) is 0 Å². The van der Waals surface area contributed by atoms with Crippen molar-refractivity contribution < 1.29 is 10.0 Å². The summed E-state index contributed by atoms with van der Waals surface area (Å²) >= 11 is 0. The molecule has 4 N–H and O–H groups in total. The summed E-state index contributed by atoms with van der Waals surface area (Å²) in [6.07, 6.45) is 0.322. The standard InChI is InChI=1S/C5H9N3O2/c1-2-3(6)4(8-10)5(7)9/h6,10H,2H2,1H3,(H2,7,9)/b6-3?,8-4-. The van der Waals surface area contributed by atoms with Crippen molar-refractivity contribution in [2.45, 2.75) is 13.3 Å². The highest BCUT2D eigenvalue weighted by molar-refractivity contribution is 6.65. The molecule has 0 saturated carbocycles. The molecule has 0 saturated heterocycles.